The fraction of sp³-hybridized carbons (Fsp3) is 0.429. The van der Waals surface area contributed by atoms with Gasteiger partial charge in [-0.25, -0.2) is 0 Å². The summed E-state index contributed by atoms with van der Waals surface area (Å²) in [7, 11) is 0. The zero-order chi connectivity index (χ0) is 13.2. The highest BCUT2D eigenvalue weighted by atomic mass is 32.1. The van der Waals surface area contributed by atoms with Crippen molar-refractivity contribution in [3.05, 3.63) is 39.8 Å². The van der Waals surface area contributed by atoms with Crippen molar-refractivity contribution in [3.8, 4) is 5.75 Å². The molecule has 0 bridgehead atoms. The highest BCUT2D eigenvalue weighted by molar-refractivity contribution is 7.11. The Hall–Kier alpha value is -1.46. The van der Waals surface area contributed by atoms with Crippen LogP contribution in [0.1, 0.15) is 41.4 Å². The zero-order valence-electron chi connectivity index (χ0n) is 11.1. The maximum absolute atomic E-state index is 5.71. The number of fused-ring (bicyclic) bond motifs is 1. The molecule has 0 saturated carbocycles. The SMILES string of the molecule is CCNC(C)c1nnc(C2COc3ccccc32)s1. The fourth-order valence-electron chi connectivity index (χ4n) is 2.32. The first-order valence-electron chi connectivity index (χ1n) is 6.58. The van der Waals surface area contributed by atoms with Gasteiger partial charge in [-0.05, 0) is 19.5 Å². The number of benzene rings is 1. The van der Waals surface area contributed by atoms with Gasteiger partial charge in [0.15, 0.2) is 0 Å². The van der Waals surface area contributed by atoms with E-state index in [0.29, 0.717) is 6.61 Å². The van der Waals surface area contributed by atoms with Crippen molar-refractivity contribution in [2.24, 2.45) is 0 Å². The quantitative estimate of drug-likeness (QED) is 0.932. The van der Waals surface area contributed by atoms with Crippen molar-refractivity contribution in [1.82, 2.24) is 15.5 Å². The third-order valence-corrected chi connectivity index (χ3v) is 4.55. The van der Waals surface area contributed by atoms with Crippen LogP contribution in [0, 0.1) is 0 Å². The molecule has 5 heteroatoms. The Balaban J connectivity index is 1.85. The highest BCUT2D eigenvalue weighted by Gasteiger charge is 2.28. The van der Waals surface area contributed by atoms with Gasteiger partial charge in [-0.15, -0.1) is 10.2 Å². The zero-order valence-corrected chi connectivity index (χ0v) is 11.9. The molecule has 2 atom stereocenters. The minimum atomic E-state index is 0.233. The van der Waals surface area contributed by atoms with Crippen molar-refractivity contribution >= 4 is 11.3 Å². The summed E-state index contributed by atoms with van der Waals surface area (Å²) in [6.45, 7) is 5.82. The van der Waals surface area contributed by atoms with E-state index < -0.39 is 0 Å². The minimum Gasteiger partial charge on any atom is -0.492 e. The van der Waals surface area contributed by atoms with Gasteiger partial charge in [-0.2, -0.15) is 0 Å². The molecule has 0 spiro atoms. The molecule has 0 amide bonds. The Morgan fingerprint density at radius 2 is 2.26 bits per heavy atom. The Morgan fingerprint density at radius 3 is 3.11 bits per heavy atom. The van der Waals surface area contributed by atoms with E-state index in [-0.39, 0.29) is 12.0 Å². The van der Waals surface area contributed by atoms with Crippen molar-refractivity contribution in [2.45, 2.75) is 25.8 Å². The number of ether oxygens (including phenoxy) is 1. The lowest BCUT2D eigenvalue weighted by molar-refractivity contribution is 0.342. The number of para-hydroxylation sites is 1. The molecule has 2 unspecified atom stereocenters. The van der Waals surface area contributed by atoms with Gasteiger partial charge in [0, 0.05) is 5.56 Å². The molecular weight excluding hydrogens is 258 g/mol. The molecule has 19 heavy (non-hydrogen) atoms. The molecular formula is C14H17N3OS. The number of rotatable bonds is 4. The maximum atomic E-state index is 5.71. The predicted molar refractivity (Wildman–Crippen MR) is 75.8 cm³/mol. The Kier molecular flexibility index (Phi) is 3.48. The van der Waals surface area contributed by atoms with Crippen molar-refractivity contribution in [1.29, 1.82) is 0 Å². The topological polar surface area (TPSA) is 47.0 Å². The molecule has 2 heterocycles. The Labute approximate surface area is 116 Å². The average molecular weight is 275 g/mol. The van der Waals surface area contributed by atoms with E-state index in [2.05, 4.69) is 35.4 Å². The highest BCUT2D eigenvalue weighted by Crippen LogP contribution is 2.39. The molecule has 0 radical (unpaired) electrons. The van der Waals surface area contributed by atoms with Crippen LogP contribution in [0.25, 0.3) is 0 Å². The average Bonchev–Trinajstić information content (AvgIpc) is 3.05. The van der Waals surface area contributed by atoms with Crippen LogP contribution in [0.15, 0.2) is 24.3 Å². The fourth-order valence-corrected chi connectivity index (χ4v) is 3.30. The molecule has 1 aliphatic rings. The molecule has 1 aromatic heterocycles. The lowest BCUT2D eigenvalue weighted by Gasteiger charge is -2.07. The third-order valence-electron chi connectivity index (χ3n) is 3.34. The van der Waals surface area contributed by atoms with E-state index in [9.17, 15) is 0 Å². The summed E-state index contributed by atoms with van der Waals surface area (Å²) in [5, 5.41) is 14.1. The van der Waals surface area contributed by atoms with E-state index >= 15 is 0 Å². The van der Waals surface area contributed by atoms with E-state index in [1.165, 1.54) is 5.56 Å². The monoisotopic (exact) mass is 275 g/mol. The largest absolute Gasteiger partial charge is 0.492 e. The third kappa shape index (κ3) is 2.35. The van der Waals surface area contributed by atoms with E-state index in [1.54, 1.807) is 11.3 Å². The normalized spacial score (nSPS) is 18.9. The first-order chi connectivity index (χ1) is 9.29. The van der Waals surface area contributed by atoms with Gasteiger partial charge in [0.25, 0.3) is 0 Å². The second kappa shape index (κ2) is 5.27. The number of nitrogens with one attached hydrogen (secondary N) is 1. The predicted octanol–water partition coefficient (Wildman–Crippen LogP) is 2.73. The van der Waals surface area contributed by atoms with E-state index in [0.717, 1.165) is 22.3 Å². The van der Waals surface area contributed by atoms with Gasteiger partial charge in [0.1, 0.15) is 22.4 Å². The molecule has 1 aliphatic heterocycles. The maximum Gasteiger partial charge on any atom is 0.134 e. The van der Waals surface area contributed by atoms with Gasteiger partial charge in [-0.3, -0.25) is 0 Å². The number of hydrogen-bond acceptors (Lipinski definition) is 5. The molecule has 0 aliphatic carbocycles. The summed E-state index contributed by atoms with van der Waals surface area (Å²) in [5.41, 5.74) is 1.22. The van der Waals surface area contributed by atoms with Gasteiger partial charge in [0.2, 0.25) is 0 Å². The summed E-state index contributed by atoms with van der Waals surface area (Å²) in [6.07, 6.45) is 0. The first-order valence-corrected chi connectivity index (χ1v) is 7.39. The number of hydrogen-bond donors (Lipinski definition) is 1. The standard InChI is InChI=1S/C14H17N3OS/c1-3-15-9(2)13-16-17-14(19-13)11-8-18-12-7-5-4-6-10(11)12/h4-7,9,11,15H,3,8H2,1-2H3. The summed E-state index contributed by atoms with van der Waals surface area (Å²) in [5.74, 6) is 1.21. The van der Waals surface area contributed by atoms with Crippen molar-refractivity contribution in [2.75, 3.05) is 13.2 Å². The van der Waals surface area contributed by atoms with Crippen LogP contribution in [-0.2, 0) is 0 Å². The molecule has 0 saturated heterocycles. The molecule has 1 aromatic carbocycles. The summed E-state index contributed by atoms with van der Waals surface area (Å²) < 4.78 is 5.71. The molecule has 4 nitrogen and oxygen atoms in total. The Morgan fingerprint density at radius 1 is 1.42 bits per heavy atom. The summed E-state index contributed by atoms with van der Waals surface area (Å²) in [6, 6.07) is 8.43. The van der Waals surface area contributed by atoms with Crippen LogP contribution in [0.5, 0.6) is 5.75 Å². The van der Waals surface area contributed by atoms with Gasteiger partial charge < -0.3 is 10.1 Å². The second-order valence-corrected chi connectivity index (χ2v) is 5.70. The van der Waals surface area contributed by atoms with Gasteiger partial charge in [0.05, 0.1) is 12.0 Å². The van der Waals surface area contributed by atoms with Crippen LogP contribution >= 0.6 is 11.3 Å². The summed E-state index contributed by atoms with van der Waals surface area (Å²) in [4.78, 5) is 0. The molecule has 2 aromatic rings. The van der Waals surface area contributed by atoms with E-state index in [1.807, 2.05) is 18.2 Å². The van der Waals surface area contributed by atoms with Gasteiger partial charge in [-0.1, -0.05) is 36.5 Å². The van der Waals surface area contributed by atoms with Crippen LogP contribution in [-0.4, -0.2) is 23.3 Å². The molecule has 3 rings (SSSR count). The van der Waals surface area contributed by atoms with Crippen LogP contribution < -0.4 is 10.1 Å². The Bertz CT molecular complexity index is 569. The van der Waals surface area contributed by atoms with E-state index in [4.69, 9.17) is 4.74 Å². The smallest absolute Gasteiger partial charge is 0.134 e. The number of aromatic nitrogens is 2. The lowest BCUT2D eigenvalue weighted by atomic mass is 10.0. The lowest BCUT2D eigenvalue weighted by Crippen LogP contribution is -2.17. The first kappa shape index (κ1) is 12.6. The van der Waals surface area contributed by atoms with Crippen LogP contribution in [0.4, 0.5) is 0 Å². The summed E-state index contributed by atoms with van der Waals surface area (Å²) >= 11 is 1.68. The van der Waals surface area contributed by atoms with Crippen LogP contribution in [0.3, 0.4) is 0 Å². The van der Waals surface area contributed by atoms with Gasteiger partial charge >= 0.3 is 0 Å². The minimum absolute atomic E-state index is 0.233. The molecule has 1 N–H and O–H groups in total. The number of nitrogens with zero attached hydrogens (tertiary/aromatic N) is 2. The van der Waals surface area contributed by atoms with Crippen molar-refractivity contribution < 1.29 is 4.74 Å². The molecule has 0 fully saturated rings. The van der Waals surface area contributed by atoms with Crippen LogP contribution in [0.2, 0.25) is 0 Å². The van der Waals surface area contributed by atoms with Crippen molar-refractivity contribution in [3.63, 3.8) is 0 Å². The second-order valence-electron chi connectivity index (χ2n) is 4.66. The molecule has 100 valence electrons.